The highest BCUT2D eigenvalue weighted by atomic mass is 35.5. The molecule has 0 fully saturated rings. The summed E-state index contributed by atoms with van der Waals surface area (Å²) in [4.78, 5) is 0. The second-order valence-corrected chi connectivity index (χ2v) is 2.51. The first-order chi connectivity index (χ1) is 4.29. The monoisotopic (exact) mass is 140 g/mol. The zero-order valence-electron chi connectivity index (χ0n) is 4.94. The third-order valence-electron chi connectivity index (χ3n) is 1.52. The molecule has 0 aliphatic carbocycles. The first-order valence-electron chi connectivity index (χ1n) is 2.76. The van der Waals surface area contributed by atoms with Crippen molar-refractivity contribution in [2.24, 2.45) is 0 Å². The van der Waals surface area contributed by atoms with Crippen molar-refractivity contribution in [3.8, 4) is 11.5 Å². The van der Waals surface area contributed by atoms with Crippen molar-refractivity contribution in [3.05, 3.63) is 22.7 Å². The van der Waals surface area contributed by atoms with Crippen molar-refractivity contribution in [2.45, 2.75) is 6.92 Å². The summed E-state index contributed by atoms with van der Waals surface area (Å²) < 4.78 is 5.14. The fraction of sp³-hybridized carbons (Fsp3) is 0.143. The Kier molecular flexibility index (Phi) is 0.809. The molecule has 2 aliphatic rings. The normalized spacial score (nSPS) is 12.2. The van der Waals surface area contributed by atoms with E-state index >= 15 is 0 Å². The number of hydrogen-bond donors (Lipinski definition) is 0. The van der Waals surface area contributed by atoms with Gasteiger partial charge >= 0.3 is 0 Å². The van der Waals surface area contributed by atoms with Crippen LogP contribution in [0, 0.1) is 6.92 Å². The van der Waals surface area contributed by atoms with Crippen LogP contribution in [0.5, 0.6) is 11.5 Å². The van der Waals surface area contributed by atoms with E-state index in [0.717, 1.165) is 11.5 Å². The SMILES string of the molecule is Cc1c2ccc(Cl)c1O2. The number of rotatable bonds is 0. The summed E-state index contributed by atoms with van der Waals surface area (Å²) in [5.74, 6) is 1.79. The summed E-state index contributed by atoms with van der Waals surface area (Å²) in [6.45, 7) is 2.00. The Labute approximate surface area is 58.2 Å². The van der Waals surface area contributed by atoms with E-state index in [-0.39, 0.29) is 0 Å². The van der Waals surface area contributed by atoms with Crippen LogP contribution in [-0.2, 0) is 0 Å². The predicted molar refractivity (Wildman–Crippen MR) is 36.3 cm³/mol. The quantitative estimate of drug-likeness (QED) is 0.547. The molecule has 1 nitrogen and oxygen atoms in total. The summed E-state index contributed by atoms with van der Waals surface area (Å²) in [6, 6.07) is 3.73. The molecule has 0 saturated carbocycles. The minimum atomic E-state index is 0.711. The molecule has 0 saturated heterocycles. The molecule has 1 aromatic carbocycles. The highest BCUT2D eigenvalue weighted by molar-refractivity contribution is 6.32. The molecule has 2 heterocycles. The highest BCUT2D eigenvalue weighted by Crippen LogP contribution is 2.46. The maximum Gasteiger partial charge on any atom is 0.152 e. The van der Waals surface area contributed by atoms with Crippen molar-refractivity contribution in [1.82, 2.24) is 0 Å². The Hall–Kier alpha value is -0.690. The molecule has 9 heavy (non-hydrogen) atoms. The molecule has 0 aromatic heterocycles. The van der Waals surface area contributed by atoms with E-state index in [2.05, 4.69) is 0 Å². The van der Waals surface area contributed by atoms with E-state index in [4.69, 9.17) is 16.3 Å². The second-order valence-electron chi connectivity index (χ2n) is 2.10. The topological polar surface area (TPSA) is 9.23 Å². The van der Waals surface area contributed by atoms with Crippen molar-refractivity contribution in [2.75, 3.05) is 0 Å². The van der Waals surface area contributed by atoms with Gasteiger partial charge in [-0.2, -0.15) is 0 Å². The van der Waals surface area contributed by atoms with E-state index in [0.29, 0.717) is 5.02 Å². The van der Waals surface area contributed by atoms with Crippen LogP contribution in [0.25, 0.3) is 0 Å². The lowest BCUT2D eigenvalue weighted by Gasteiger charge is -2.22. The van der Waals surface area contributed by atoms with E-state index in [9.17, 15) is 0 Å². The highest BCUT2D eigenvalue weighted by Gasteiger charge is 2.20. The maximum absolute atomic E-state index is 5.73. The Morgan fingerprint density at radius 1 is 1.44 bits per heavy atom. The van der Waals surface area contributed by atoms with Crippen LogP contribution in [0.3, 0.4) is 0 Å². The molecule has 0 atom stereocenters. The van der Waals surface area contributed by atoms with Gasteiger partial charge in [-0.3, -0.25) is 0 Å². The van der Waals surface area contributed by atoms with Gasteiger partial charge in [0.15, 0.2) is 5.75 Å². The van der Waals surface area contributed by atoms with Gasteiger partial charge in [-0.15, -0.1) is 0 Å². The van der Waals surface area contributed by atoms with Gasteiger partial charge in [0.05, 0.1) is 5.02 Å². The molecule has 0 N–H and O–H groups in total. The van der Waals surface area contributed by atoms with Crippen LogP contribution in [0.15, 0.2) is 12.1 Å². The largest absolute Gasteiger partial charge is 0.455 e. The summed E-state index contributed by atoms with van der Waals surface area (Å²) in [5.41, 5.74) is 1.17. The summed E-state index contributed by atoms with van der Waals surface area (Å²) in [7, 11) is 0. The Balaban J connectivity index is 2.74. The Morgan fingerprint density at radius 3 is 2.56 bits per heavy atom. The molecular formula is C7H5ClO. The summed E-state index contributed by atoms with van der Waals surface area (Å²) >= 11 is 5.73. The fourth-order valence-corrected chi connectivity index (χ4v) is 1.18. The number of aryl methyl sites for hydroxylation is 1. The second kappa shape index (κ2) is 1.42. The van der Waals surface area contributed by atoms with Gasteiger partial charge in [0.1, 0.15) is 5.75 Å². The molecule has 46 valence electrons. The van der Waals surface area contributed by atoms with Gasteiger partial charge in [-0.25, -0.2) is 0 Å². The smallest absolute Gasteiger partial charge is 0.152 e. The first-order valence-corrected chi connectivity index (χ1v) is 3.14. The van der Waals surface area contributed by atoms with E-state index < -0.39 is 0 Å². The number of fused-ring (bicyclic) bond motifs is 2. The van der Waals surface area contributed by atoms with Gasteiger partial charge in [0, 0.05) is 5.56 Å². The Morgan fingerprint density at radius 2 is 2.22 bits per heavy atom. The van der Waals surface area contributed by atoms with E-state index in [1.807, 2.05) is 19.1 Å². The fourth-order valence-electron chi connectivity index (χ4n) is 0.940. The van der Waals surface area contributed by atoms with Crippen LogP contribution >= 0.6 is 11.6 Å². The zero-order chi connectivity index (χ0) is 6.43. The predicted octanol–water partition coefficient (Wildman–Crippen LogP) is 2.75. The maximum atomic E-state index is 5.73. The third-order valence-corrected chi connectivity index (χ3v) is 1.82. The van der Waals surface area contributed by atoms with Crippen LogP contribution < -0.4 is 4.74 Å². The lowest BCUT2D eigenvalue weighted by Crippen LogP contribution is -2.00. The number of halogens is 1. The van der Waals surface area contributed by atoms with Gasteiger partial charge in [-0.05, 0) is 19.1 Å². The van der Waals surface area contributed by atoms with Crippen LogP contribution in [-0.4, -0.2) is 0 Å². The molecule has 1 aromatic rings. The molecule has 3 rings (SSSR count). The molecular weight excluding hydrogens is 136 g/mol. The van der Waals surface area contributed by atoms with Crippen molar-refractivity contribution in [1.29, 1.82) is 0 Å². The first kappa shape index (κ1) is 5.12. The molecule has 2 heteroatoms. The number of ether oxygens (including phenoxy) is 1. The molecule has 0 unspecified atom stereocenters. The van der Waals surface area contributed by atoms with E-state index in [1.165, 1.54) is 5.56 Å². The van der Waals surface area contributed by atoms with Crippen LogP contribution in [0.2, 0.25) is 5.02 Å². The molecule has 0 amide bonds. The molecule has 2 aliphatic heterocycles. The molecule has 0 spiro atoms. The third kappa shape index (κ3) is 0.500. The summed E-state index contributed by atoms with van der Waals surface area (Å²) in [5, 5.41) is 0.711. The lowest BCUT2D eigenvalue weighted by atomic mass is 10.1. The van der Waals surface area contributed by atoms with Crippen molar-refractivity contribution >= 4 is 11.6 Å². The van der Waals surface area contributed by atoms with Crippen LogP contribution in [0.1, 0.15) is 5.56 Å². The minimum absolute atomic E-state index is 0.711. The van der Waals surface area contributed by atoms with Crippen molar-refractivity contribution < 1.29 is 4.74 Å². The van der Waals surface area contributed by atoms with E-state index in [1.54, 1.807) is 0 Å². The van der Waals surface area contributed by atoms with Crippen LogP contribution in [0.4, 0.5) is 0 Å². The molecule has 0 radical (unpaired) electrons. The van der Waals surface area contributed by atoms with Crippen molar-refractivity contribution in [3.63, 3.8) is 0 Å². The van der Waals surface area contributed by atoms with Gasteiger partial charge in [-0.1, -0.05) is 11.6 Å². The zero-order valence-corrected chi connectivity index (χ0v) is 5.70. The van der Waals surface area contributed by atoms with Gasteiger partial charge < -0.3 is 4.74 Å². The standard InChI is InChI=1S/C7H5ClO/c1-4-6-3-2-5(8)7(4)9-6/h2-3H,1H3. The number of benzene rings is 1. The Bertz CT molecular complexity index is 261. The van der Waals surface area contributed by atoms with Gasteiger partial charge in [0.2, 0.25) is 0 Å². The summed E-state index contributed by atoms with van der Waals surface area (Å²) in [6.07, 6.45) is 0. The molecule has 2 bridgehead atoms. The number of hydrogen-bond acceptors (Lipinski definition) is 1. The average molecular weight is 141 g/mol. The lowest BCUT2D eigenvalue weighted by molar-refractivity contribution is 0.426. The average Bonchev–Trinajstić information content (AvgIpc) is 1.86. The van der Waals surface area contributed by atoms with Gasteiger partial charge in [0.25, 0.3) is 0 Å². The minimum Gasteiger partial charge on any atom is -0.455 e.